The summed E-state index contributed by atoms with van der Waals surface area (Å²) < 4.78 is 4.94. The van der Waals surface area contributed by atoms with Gasteiger partial charge in [-0.05, 0) is 46.0 Å². The van der Waals surface area contributed by atoms with Crippen molar-refractivity contribution in [2.24, 2.45) is 11.8 Å². The monoisotopic (exact) mass is 492 g/mol. The third kappa shape index (κ3) is 4.94. The molecule has 1 spiro atoms. The summed E-state index contributed by atoms with van der Waals surface area (Å²) in [6.45, 7) is 12.8. The van der Waals surface area contributed by atoms with Gasteiger partial charge in [-0.25, -0.2) is 0 Å². The predicted molar refractivity (Wildman–Crippen MR) is 134 cm³/mol. The zero-order valence-electron chi connectivity index (χ0n) is 20.6. The largest absolute Gasteiger partial charge is 0.465 e. The molecule has 0 aromatic rings. The molecule has 190 valence electrons. The van der Waals surface area contributed by atoms with E-state index in [0.29, 0.717) is 19.5 Å². The lowest BCUT2D eigenvalue weighted by Gasteiger charge is -2.38. The SMILES string of the molecule is C=CCCOC(=O)[C@@H]1[C@H]2C(=O)N(CCCCCCO)C(C(=O)N(CC=C)C(C)C)C23CC[C@H]1S3. The van der Waals surface area contributed by atoms with Gasteiger partial charge in [-0.3, -0.25) is 14.4 Å². The van der Waals surface area contributed by atoms with E-state index >= 15 is 0 Å². The highest BCUT2D eigenvalue weighted by atomic mass is 32.2. The number of carbonyl (C=O) groups is 3. The van der Waals surface area contributed by atoms with E-state index in [1.807, 2.05) is 13.8 Å². The number of unbranched alkanes of at least 4 members (excludes halogenated alkanes) is 3. The molecule has 2 unspecified atom stereocenters. The second kappa shape index (κ2) is 11.8. The normalized spacial score (nSPS) is 29.4. The Morgan fingerprint density at radius 3 is 2.65 bits per heavy atom. The van der Waals surface area contributed by atoms with E-state index in [1.165, 1.54) is 0 Å². The van der Waals surface area contributed by atoms with Crippen LogP contribution >= 0.6 is 11.8 Å². The van der Waals surface area contributed by atoms with E-state index in [1.54, 1.807) is 33.7 Å². The molecule has 0 saturated carbocycles. The number of hydrogen-bond acceptors (Lipinski definition) is 6. The maximum Gasteiger partial charge on any atom is 0.310 e. The second-order valence-electron chi connectivity index (χ2n) is 9.84. The number of nitrogens with zero attached hydrogens (tertiary/aromatic N) is 2. The molecule has 3 aliphatic heterocycles. The van der Waals surface area contributed by atoms with Crippen LogP contribution in [-0.2, 0) is 19.1 Å². The lowest BCUT2D eigenvalue weighted by atomic mass is 9.71. The van der Waals surface area contributed by atoms with Gasteiger partial charge in [-0.2, -0.15) is 0 Å². The molecule has 8 heteroatoms. The number of aliphatic hydroxyl groups excluding tert-OH is 1. The number of hydrogen-bond donors (Lipinski definition) is 1. The molecule has 7 nitrogen and oxygen atoms in total. The number of amides is 2. The number of esters is 1. The van der Waals surface area contributed by atoms with Gasteiger partial charge in [0, 0.05) is 31.0 Å². The van der Waals surface area contributed by atoms with Crippen LogP contribution in [-0.4, -0.2) is 81.1 Å². The average Bonchev–Trinajstić information content (AvgIpc) is 3.44. The van der Waals surface area contributed by atoms with Crippen molar-refractivity contribution in [2.45, 2.75) is 80.9 Å². The molecule has 3 rings (SSSR count). The first-order valence-electron chi connectivity index (χ1n) is 12.6. The van der Waals surface area contributed by atoms with Crippen LogP contribution in [0.4, 0.5) is 0 Å². The molecule has 3 saturated heterocycles. The molecule has 3 aliphatic rings. The van der Waals surface area contributed by atoms with Crippen LogP contribution in [0, 0.1) is 11.8 Å². The van der Waals surface area contributed by atoms with Gasteiger partial charge in [0.05, 0.1) is 23.2 Å². The van der Waals surface area contributed by atoms with Gasteiger partial charge in [-0.15, -0.1) is 24.9 Å². The summed E-state index contributed by atoms with van der Waals surface area (Å²) in [7, 11) is 0. The standard InChI is InChI=1S/C26H40N2O5S/c1-5-7-17-33-25(32)20-19-12-13-26(34-19)21(20)23(30)28(15-10-8-9-11-16-29)22(26)24(31)27(14-6-2)18(3)4/h5-6,18-22,29H,1-2,7-17H2,3-4H3/t19-,20+,21+,22?,26?/m1/s1. The highest BCUT2D eigenvalue weighted by Gasteiger charge is 2.74. The van der Waals surface area contributed by atoms with E-state index < -0.39 is 22.6 Å². The van der Waals surface area contributed by atoms with E-state index in [9.17, 15) is 14.4 Å². The summed E-state index contributed by atoms with van der Waals surface area (Å²) in [5, 5.41) is 9.07. The Kier molecular flexibility index (Phi) is 9.27. The molecule has 2 amide bonds. The Labute approximate surface area is 208 Å². The Morgan fingerprint density at radius 2 is 2.00 bits per heavy atom. The predicted octanol–water partition coefficient (Wildman–Crippen LogP) is 3.17. The molecule has 0 aromatic carbocycles. The molecule has 2 bridgehead atoms. The molecular weight excluding hydrogens is 452 g/mol. The summed E-state index contributed by atoms with van der Waals surface area (Å²) in [5.41, 5.74) is 0. The summed E-state index contributed by atoms with van der Waals surface area (Å²) in [6, 6.07) is -0.600. The van der Waals surface area contributed by atoms with Crippen molar-refractivity contribution in [1.29, 1.82) is 0 Å². The lowest BCUT2D eigenvalue weighted by Crippen LogP contribution is -2.56. The van der Waals surface area contributed by atoms with Crippen LogP contribution in [0.1, 0.15) is 58.8 Å². The van der Waals surface area contributed by atoms with Gasteiger partial charge < -0.3 is 19.6 Å². The number of likely N-dealkylation sites (tertiary alicyclic amines) is 1. The topological polar surface area (TPSA) is 87.1 Å². The maximum absolute atomic E-state index is 14.0. The van der Waals surface area contributed by atoms with Gasteiger partial charge in [0.2, 0.25) is 11.8 Å². The molecule has 0 aliphatic carbocycles. The van der Waals surface area contributed by atoms with E-state index in [0.717, 1.165) is 38.5 Å². The number of rotatable bonds is 14. The van der Waals surface area contributed by atoms with Crippen molar-refractivity contribution in [2.75, 3.05) is 26.3 Å². The Balaban J connectivity index is 1.90. The third-order valence-electron chi connectivity index (χ3n) is 7.41. The van der Waals surface area contributed by atoms with Crippen LogP contribution in [0.5, 0.6) is 0 Å². The Hall–Kier alpha value is -1.80. The van der Waals surface area contributed by atoms with Crippen molar-refractivity contribution in [1.82, 2.24) is 9.80 Å². The highest BCUT2D eigenvalue weighted by molar-refractivity contribution is 8.02. The molecule has 0 radical (unpaired) electrons. The second-order valence-corrected chi connectivity index (χ2v) is 11.4. The fraction of sp³-hybridized carbons (Fsp3) is 0.731. The van der Waals surface area contributed by atoms with Gasteiger partial charge in [0.15, 0.2) is 0 Å². The fourth-order valence-corrected chi connectivity index (χ4v) is 8.08. The first kappa shape index (κ1) is 26.8. The molecule has 5 atom stereocenters. The van der Waals surface area contributed by atoms with Gasteiger partial charge in [0.25, 0.3) is 0 Å². The molecule has 3 fully saturated rings. The molecule has 3 heterocycles. The first-order chi connectivity index (χ1) is 16.3. The van der Waals surface area contributed by atoms with Crippen molar-refractivity contribution in [3.8, 4) is 0 Å². The summed E-state index contributed by atoms with van der Waals surface area (Å²) in [4.78, 5) is 44.5. The van der Waals surface area contributed by atoms with Crippen molar-refractivity contribution in [3.05, 3.63) is 25.3 Å². The molecule has 0 aromatic heterocycles. The van der Waals surface area contributed by atoms with Gasteiger partial charge in [-0.1, -0.05) is 25.0 Å². The highest BCUT2D eigenvalue weighted by Crippen LogP contribution is 2.66. The molecule has 34 heavy (non-hydrogen) atoms. The zero-order chi connectivity index (χ0) is 24.9. The molecular formula is C26H40N2O5S. The summed E-state index contributed by atoms with van der Waals surface area (Å²) in [5.74, 6) is -1.46. The van der Waals surface area contributed by atoms with Crippen LogP contribution < -0.4 is 0 Å². The minimum atomic E-state index is -0.583. The van der Waals surface area contributed by atoms with Gasteiger partial charge >= 0.3 is 5.97 Å². The quantitative estimate of drug-likeness (QED) is 0.228. The smallest absolute Gasteiger partial charge is 0.310 e. The number of ether oxygens (including phenoxy) is 1. The van der Waals surface area contributed by atoms with Crippen molar-refractivity contribution in [3.63, 3.8) is 0 Å². The van der Waals surface area contributed by atoms with Crippen LogP contribution in [0.15, 0.2) is 25.3 Å². The van der Waals surface area contributed by atoms with Crippen molar-refractivity contribution >= 4 is 29.5 Å². The number of fused-ring (bicyclic) bond motifs is 1. The summed E-state index contributed by atoms with van der Waals surface area (Å²) >= 11 is 1.67. The number of carbonyl (C=O) groups excluding carboxylic acids is 3. The van der Waals surface area contributed by atoms with Crippen LogP contribution in [0.3, 0.4) is 0 Å². The zero-order valence-corrected chi connectivity index (χ0v) is 21.4. The maximum atomic E-state index is 14.0. The van der Waals surface area contributed by atoms with E-state index in [2.05, 4.69) is 13.2 Å². The van der Waals surface area contributed by atoms with Crippen LogP contribution in [0.2, 0.25) is 0 Å². The van der Waals surface area contributed by atoms with E-state index in [-0.39, 0.29) is 42.3 Å². The fourth-order valence-electron chi connectivity index (χ4n) is 5.88. The lowest BCUT2D eigenvalue weighted by molar-refractivity contribution is -0.154. The van der Waals surface area contributed by atoms with Crippen molar-refractivity contribution < 1.29 is 24.2 Å². The number of aliphatic hydroxyl groups is 1. The molecule has 1 N–H and O–H groups in total. The van der Waals surface area contributed by atoms with Crippen LogP contribution in [0.25, 0.3) is 0 Å². The Bertz CT molecular complexity index is 787. The minimum absolute atomic E-state index is 0.0130. The van der Waals surface area contributed by atoms with E-state index in [4.69, 9.17) is 9.84 Å². The Morgan fingerprint density at radius 1 is 1.26 bits per heavy atom. The van der Waals surface area contributed by atoms with Gasteiger partial charge in [0.1, 0.15) is 6.04 Å². The first-order valence-corrected chi connectivity index (χ1v) is 13.5. The summed E-state index contributed by atoms with van der Waals surface area (Å²) in [6.07, 6.45) is 8.84. The average molecular weight is 493 g/mol. The minimum Gasteiger partial charge on any atom is -0.465 e. The number of thioether (sulfide) groups is 1. The third-order valence-corrected chi connectivity index (χ3v) is 9.36.